The van der Waals surface area contributed by atoms with Gasteiger partial charge in [-0.1, -0.05) is 6.07 Å². The number of hydrogen-bond donors (Lipinski definition) is 1. The Morgan fingerprint density at radius 1 is 0.947 bits per heavy atom. The molecule has 0 amide bonds. The van der Waals surface area contributed by atoms with E-state index in [1.807, 2.05) is 24.3 Å². The van der Waals surface area contributed by atoms with Crippen LogP contribution in [0.15, 0.2) is 36.4 Å². The van der Waals surface area contributed by atoms with Gasteiger partial charge in [0.15, 0.2) is 0 Å². The molecule has 5 heteroatoms. The fourth-order valence-corrected chi connectivity index (χ4v) is 2.24. The van der Waals surface area contributed by atoms with Crippen LogP contribution in [0.1, 0.15) is 0 Å². The monoisotopic (exact) mass is 256 g/mol. The summed E-state index contributed by atoms with van der Waals surface area (Å²) in [5.74, 6) is 2.04. The van der Waals surface area contributed by atoms with Crippen LogP contribution in [0.5, 0.6) is 17.2 Å². The van der Waals surface area contributed by atoms with Crippen LogP contribution in [0.4, 0.5) is 0 Å². The van der Waals surface area contributed by atoms with Gasteiger partial charge in [-0.2, -0.15) is 0 Å². The van der Waals surface area contributed by atoms with Crippen molar-refractivity contribution in [3.05, 3.63) is 36.4 Å². The first-order chi connectivity index (χ1) is 9.22. The highest BCUT2D eigenvalue weighted by atomic mass is 16.5. The molecule has 0 bridgehead atoms. The van der Waals surface area contributed by atoms with Crippen molar-refractivity contribution in [2.24, 2.45) is 0 Å². The van der Waals surface area contributed by atoms with Crippen LogP contribution >= 0.6 is 0 Å². The lowest BCUT2D eigenvalue weighted by molar-refractivity contribution is 0.405. The third kappa shape index (κ3) is 1.92. The van der Waals surface area contributed by atoms with Crippen LogP contribution in [0.25, 0.3) is 11.1 Å². The Hall–Kier alpha value is -2.14. The maximum absolute atomic E-state index is 10.0. The molecule has 1 aliphatic rings. The summed E-state index contributed by atoms with van der Waals surface area (Å²) in [6.07, 6.45) is 0. The number of methoxy groups -OCH3 is 2. The standard InChI is InChI=1S/C14H13BO4/c1-17-9-4-6-13-12(7-9)11-5-3-10(18-2)8-14(11)19-15(13)16/h3-8,16H,1-2H3. The molecule has 3 rings (SSSR count). The van der Waals surface area contributed by atoms with Crippen LogP contribution in [0.3, 0.4) is 0 Å². The summed E-state index contributed by atoms with van der Waals surface area (Å²) in [6, 6.07) is 11.1. The Bertz CT molecular complexity index is 627. The lowest BCUT2D eigenvalue weighted by Gasteiger charge is -2.23. The topological polar surface area (TPSA) is 47.9 Å². The Labute approximate surface area is 111 Å². The molecule has 0 fully saturated rings. The molecule has 4 nitrogen and oxygen atoms in total. The Balaban J connectivity index is 2.19. The molecular weight excluding hydrogens is 243 g/mol. The highest BCUT2D eigenvalue weighted by Gasteiger charge is 2.30. The van der Waals surface area contributed by atoms with Crippen molar-refractivity contribution in [2.75, 3.05) is 14.2 Å². The smallest absolute Gasteiger partial charge is 0.532 e. The molecule has 96 valence electrons. The van der Waals surface area contributed by atoms with Crippen molar-refractivity contribution < 1.29 is 19.2 Å². The normalized spacial score (nSPS) is 12.3. The van der Waals surface area contributed by atoms with Crippen LogP contribution in [0.2, 0.25) is 0 Å². The fourth-order valence-electron chi connectivity index (χ4n) is 2.24. The van der Waals surface area contributed by atoms with E-state index in [0.717, 1.165) is 22.3 Å². The summed E-state index contributed by atoms with van der Waals surface area (Å²) in [5, 5.41) is 10.0. The molecule has 0 saturated carbocycles. The van der Waals surface area contributed by atoms with Crippen molar-refractivity contribution in [1.82, 2.24) is 0 Å². The van der Waals surface area contributed by atoms with Crippen molar-refractivity contribution in [3.63, 3.8) is 0 Å². The average Bonchev–Trinajstić information content (AvgIpc) is 2.46. The second kappa shape index (κ2) is 4.51. The SMILES string of the molecule is COc1ccc2c(c1)OB(O)c1ccc(OC)cc1-2. The van der Waals surface area contributed by atoms with Crippen LogP contribution in [-0.2, 0) is 0 Å². The predicted molar refractivity (Wildman–Crippen MR) is 73.2 cm³/mol. The maximum Gasteiger partial charge on any atom is 0.560 e. The molecule has 0 radical (unpaired) electrons. The summed E-state index contributed by atoms with van der Waals surface area (Å²) < 4.78 is 15.9. The number of benzene rings is 2. The first-order valence-electron chi connectivity index (χ1n) is 5.94. The molecule has 1 aliphatic heterocycles. The first kappa shape index (κ1) is 11.9. The Morgan fingerprint density at radius 3 is 2.37 bits per heavy atom. The molecule has 1 heterocycles. The number of hydrogen-bond acceptors (Lipinski definition) is 4. The Kier molecular flexibility index (Phi) is 2.83. The van der Waals surface area contributed by atoms with E-state index in [-0.39, 0.29) is 0 Å². The molecule has 19 heavy (non-hydrogen) atoms. The zero-order chi connectivity index (χ0) is 13.4. The molecule has 0 atom stereocenters. The van der Waals surface area contributed by atoms with Gasteiger partial charge in [-0.3, -0.25) is 0 Å². The van der Waals surface area contributed by atoms with Gasteiger partial charge in [-0.25, -0.2) is 0 Å². The summed E-state index contributed by atoms with van der Waals surface area (Å²) in [5.41, 5.74) is 2.56. The minimum absolute atomic E-state index is 0.604. The van der Waals surface area contributed by atoms with Gasteiger partial charge in [0, 0.05) is 17.1 Å². The van der Waals surface area contributed by atoms with Crippen LogP contribution < -0.4 is 19.6 Å². The minimum atomic E-state index is -0.972. The second-order valence-electron chi connectivity index (χ2n) is 4.29. The van der Waals surface area contributed by atoms with Gasteiger partial charge in [-0.15, -0.1) is 0 Å². The van der Waals surface area contributed by atoms with Crippen molar-refractivity contribution >= 4 is 12.6 Å². The van der Waals surface area contributed by atoms with Crippen molar-refractivity contribution in [2.45, 2.75) is 0 Å². The lowest BCUT2D eigenvalue weighted by Crippen LogP contribution is -2.40. The van der Waals surface area contributed by atoms with E-state index in [1.165, 1.54) is 0 Å². The van der Waals surface area contributed by atoms with E-state index >= 15 is 0 Å². The van der Waals surface area contributed by atoms with Crippen molar-refractivity contribution in [3.8, 4) is 28.4 Å². The number of rotatable bonds is 2. The predicted octanol–water partition coefficient (Wildman–Crippen LogP) is 1.45. The molecule has 0 spiro atoms. The highest BCUT2D eigenvalue weighted by molar-refractivity contribution is 6.63. The average molecular weight is 256 g/mol. The Morgan fingerprint density at radius 2 is 1.63 bits per heavy atom. The number of ether oxygens (including phenoxy) is 2. The van der Waals surface area contributed by atoms with Crippen molar-refractivity contribution in [1.29, 1.82) is 0 Å². The van der Waals surface area contributed by atoms with Gasteiger partial charge in [0.05, 0.1) is 14.2 Å². The molecular formula is C14H13BO4. The zero-order valence-corrected chi connectivity index (χ0v) is 10.7. The largest absolute Gasteiger partial charge is 0.560 e. The molecule has 1 N–H and O–H groups in total. The highest BCUT2D eigenvalue weighted by Crippen LogP contribution is 2.37. The molecule has 2 aromatic carbocycles. The van der Waals surface area contributed by atoms with Crippen LogP contribution in [-0.4, -0.2) is 26.4 Å². The molecule has 2 aromatic rings. The molecule has 0 saturated heterocycles. The molecule has 0 unspecified atom stereocenters. The van der Waals surface area contributed by atoms with E-state index in [0.29, 0.717) is 11.5 Å². The van der Waals surface area contributed by atoms with E-state index in [1.54, 1.807) is 26.4 Å². The van der Waals surface area contributed by atoms with Gasteiger partial charge in [-0.05, 0) is 29.8 Å². The molecule has 0 aliphatic carbocycles. The summed E-state index contributed by atoms with van der Waals surface area (Å²) in [6.45, 7) is 0. The van der Waals surface area contributed by atoms with Gasteiger partial charge in [0.25, 0.3) is 0 Å². The zero-order valence-electron chi connectivity index (χ0n) is 10.7. The minimum Gasteiger partial charge on any atom is -0.532 e. The molecule has 0 aromatic heterocycles. The van der Waals surface area contributed by atoms with E-state index in [2.05, 4.69) is 0 Å². The second-order valence-corrected chi connectivity index (χ2v) is 4.29. The number of fused-ring (bicyclic) bond motifs is 3. The lowest BCUT2D eigenvalue weighted by atomic mass is 9.72. The van der Waals surface area contributed by atoms with E-state index in [9.17, 15) is 5.02 Å². The summed E-state index contributed by atoms with van der Waals surface area (Å²) in [7, 11) is 2.24. The first-order valence-corrected chi connectivity index (χ1v) is 5.94. The van der Waals surface area contributed by atoms with Gasteiger partial charge in [0.2, 0.25) is 0 Å². The van der Waals surface area contributed by atoms with E-state index in [4.69, 9.17) is 14.1 Å². The van der Waals surface area contributed by atoms with E-state index < -0.39 is 7.12 Å². The third-order valence-electron chi connectivity index (χ3n) is 3.24. The van der Waals surface area contributed by atoms with Crippen LogP contribution in [0, 0.1) is 0 Å². The maximum atomic E-state index is 10.0. The fraction of sp³-hybridized carbons (Fsp3) is 0.143. The van der Waals surface area contributed by atoms with Gasteiger partial charge in [0.1, 0.15) is 17.2 Å². The summed E-state index contributed by atoms with van der Waals surface area (Å²) >= 11 is 0. The van der Waals surface area contributed by atoms with Gasteiger partial charge < -0.3 is 19.2 Å². The third-order valence-corrected chi connectivity index (χ3v) is 3.24. The summed E-state index contributed by atoms with van der Waals surface area (Å²) in [4.78, 5) is 0. The quantitative estimate of drug-likeness (QED) is 0.826. The van der Waals surface area contributed by atoms with Gasteiger partial charge >= 0.3 is 7.12 Å².